The van der Waals surface area contributed by atoms with E-state index in [0.29, 0.717) is 13.0 Å². The quantitative estimate of drug-likeness (QED) is 0.759. The molecule has 1 aliphatic rings. The summed E-state index contributed by atoms with van der Waals surface area (Å²) in [4.78, 5) is 39.0. The van der Waals surface area contributed by atoms with Gasteiger partial charge in [-0.15, -0.1) is 0 Å². The zero-order valence-corrected chi connectivity index (χ0v) is 11.0. The van der Waals surface area contributed by atoms with Crippen molar-refractivity contribution in [2.75, 3.05) is 13.2 Å². The van der Waals surface area contributed by atoms with Gasteiger partial charge >= 0.3 is 5.97 Å². The van der Waals surface area contributed by atoms with E-state index in [2.05, 4.69) is 4.98 Å². The number of nitrogens with two attached hydrogens (primary N) is 1. The third kappa shape index (κ3) is 3.17. The first-order valence-electron chi connectivity index (χ1n) is 6.49. The van der Waals surface area contributed by atoms with Gasteiger partial charge in [0.25, 0.3) is 5.91 Å². The van der Waals surface area contributed by atoms with Crippen molar-refractivity contribution in [3.05, 3.63) is 24.0 Å². The van der Waals surface area contributed by atoms with Crippen LogP contribution < -0.4 is 5.73 Å². The summed E-state index contributed by atoms with van der Waals surface area (Å²) >= 11 is 0. The van der Waals surface area contributed by atoms with Crippen LogP contribution in [-0.2, 0) is 14.3 Å². The van der Waals surface area contributed by atoms with Crippen molar-refractivity contribution < 1.29 is 19.1 Å². The Bertz CT molecular complexity index is 498. The molecule has 1 aromatic rings. The van der Waals surface area contributed by atoms with Crippen LogP contribution in [0.5, 0.6) is 0 Å². The molecule has 0 aliphatic carbocycles. The molecule has 0 radical (unpaired) electrons. The van der Waals surface area contributed by atoms with Gasteiger partial charge in [-0.2, -0.15) is 0 Å². The molecule has 1 fully saturated rings. The number of nitrogens with zero attached hydrogens (tertiary/aromatic N) is 1. The van der Waals surface area contributed by atoms with Crippen molar-refractivity contribution in [3.63, 3.8) is 0 Å². The molecule has 0 unspecified atom stereocenters. The molecule has 0 spiro atoms. The highest BCUT2D eigenvalue weighted by atomic mass is 16.5. The second-order valence-corrected chi connectivity index (χ2v) is 4.66. The molecule has 2 rings (SSSR count). The lowest BCUT2D eigenvalue weighted by Crippen LogP contribution is -2.51. The number of carbonyl (C=O) groups excluding carboxylic acids is 3. The molecular weight excluding hydrogens is 262 g/mol. The topological polar surface area (TPSA) is 105 Å². The zero-order valence-electron chi connectivity index (χ0n) is 11.0. The van der Waals surface area contributed by atoms with Gasteiger partial charge in [0.2, 0.25) is 5.91 Å². The number of likely N-dealkylation sites (tertiary alicyclic amines) is 1. The SMILES string of the molecule is NC(=O)[C@@H]1CCCCN1C(=O)COC(=O)c1ccc[nH]1. The van der Waals surface area contributed by atoms with Gasteiger partial charge in [-0.3, -0.25) is 9.59 Å². The van der Waals surface area contributed by atoms with Crippen LogP contribution >= 0.6 is 0 Å². The molecule has 108 valence electrons. The molecule has 0 bridgehead atoms. The molecule has 0 saturated carbocycles. The number of aromatic nitrogens is 1. The van der Waals surface area contributed by atoms with E-state index in [1.54, 1.807) is 18.3 Å². The van der Waals surface area contributed by atoms with Gasteiger partial charge in [-0.05, 0) is 31.4 Å². The summed E-state index contributed by atoms with van der Waals surface area (Å²) in [5.74, 6) is -1.52. The molecular formula is C13H17N3O4. The van der Waals surface area contributed by atoms with Gasteiger partial charge < -0.3 is 20.4 Å². The van der Waals surface area contributed by atoms with Crippen LogP contribution in [0, 0.1) is 0 Å². The number of hydrogen-bond acceptors (Lipinski definition) is 4. The number of aromatic amines is 1. The van der Waals surface area contributed by atoms with Crippen molar-refractivity contribution in [1.29, 1.82) is 0 Å². The van der Waals surface area contributed by atoms with Crippen molar-refractivity contribution in [2.24, 2.45) is 5.73 Å². The Morgan fingerprint density at radius 2 is 2.20 bits per heavy atom. The first kappa shape index (κ1) is 14.1. The molecule has 2 heterocycles. The molecule has 1 aliphatic heterocycles. The van der Waals surface area contributed by atoms with Crippen LogP contribution in [0.2, 0.25) is 0 Å². The lowest BCUT2D eigenvalue weighted by Gasteiger charge is -2.33. The highest BCUT2D eigenvalue weighted by Gasteiger charge is 2.31. The summed E-state index contributed by atoms with van der Waals surface area (Å²) < 4.78 is 4.92. The summed E-state index contributed by atoms with van der Waals surface area (Å²) in [6.07, 6.45) is 3.83. The largest absolute Gasteiger partial charge is 0.451 e. The second kappa shape index (κ2) is 6.23. The number of H-pyrrole nitrogens is 1. The summed E-state index contributed by atoms with van der Waals surface area (Å²) in [6.45, 7) is 0.0775. The van der Waals surface area contributed by atoms with Crippen LogP contribution in [0.3, 0.4) is 0 Å². The van der Waals surface area contributed by atoms with Gasteiger partial charge in [0.15, 0.2) is 6.61 Å². The molecule has 2 amide bonds. The summed E-state index contributed by atoms with van der Waals surface area (Å²) in [7, 11) is 0. The van der Waals surface area contributed by atoms with Crippen LogP contribution in [-0.4, -0.2) is 46.9 Å². The van der Waals surface area contributed by atoms with Crippen LogP contribution in [0.15, 0.2) is 18.3 Å². The van der Waals surface area contributed by atoms with E-state index >= 15 is 0 Å². The maximum Gasteiger partial charge on any atom is 0.355 e. The Balaban J connectivity index is 1.90. The number of carbonyl (C=O) groups is 3. The van der Waals surface area contributed by atoms with Gasteiger partial charge in [-0.1, -0.05) is 0 Å². The number of amides is 2. The number of ether oxygens (including phenoxy) is 1. The smallest absolute Gasteiger partial charge is 0.355 e. The molecule has 1 atom stereocenters. The number of nitrogens with one attached hydrogen (secondary N) is 1. The van der Waals surface area contributed by atoms with Crippen molar-refractivity contribution in [3.8, 4) is 0 Å². The monoisotopic (exact) mass is 279 g/mol. The molecule has 7 nitrogen and oxygen atoms in total. The first-order valence-corrected chi connectivity index (χ1v) is 6.49. The Labute approximate surface area is 116 Å². The highest BCUT2D eigenvalue weighted by molar-refractivity contribution is 5.91. The maximum absolute atomic E-state index is 12.0. The second-order valence-electron chi connectivity index (χ2n) is 4.66. The molecule has 7 heteroatoms. The highest BCUT2D eigenvalue weighted by Crippen LogP contribution is 2.17. The fraction of sp³-hybridized carbons (Fsp3) is 0.462. The minimum Gasteiger partial charge on any atom is -0.451 e. The zero-order chi connectivity index (χ0) is 14.5. The maximum atomic E-state index is 12.0. The predicted octanol–water partition coefficient (Wildman–Crippen LogP) is 0.0379. The minimum atomic E-state index is -0.601. The Morgan fingerprint density at radius 1 is 1.40 bits per heavy atom. The number of primary amides is 1. The van der Waals surface area contributed by atoms with Gasteiger partial charge in [0.05, 0.1) is 0 Å². The third-order valence-electron chi connectivity index (χ3n) is 3.30. The van der Waals surface area contributed by atoms with E-state index in [9.17, 15) is 14.4 Å². The van der Waals surface area contributed by atoms with E-state index in [1.807, 2.05) is 0 Å². The molecule has 1 saturated heterocycles. The van der Waals surface area contributed by atoms with Gasteiger partial charge in [0, 0.05) is 12.7 Å². The van der Waals surface area contributed by atoms with E-state index in [-0.39, 0.29) is 12.3 Å². The fourth-order valence-electron chi connectivity index (χ4n) is 2.27. The standard InChI is InChI=1S/C13H17N3O4/c14-12(18)10-5-1-2-7-16(10)11(17)8-20-13(19)9-4-3-6-15-9/h3-4,6,10,15H,1-2,5,7-8H2,(H2,14,18)/t10-/m0/s1. The normalized spacial score (nSPS) is 18.6. The van der Waals surface area contributed by atoms with E-state index in [4.69, 9.17) is 10.5 Å². The van der Waals surface area contributed by atoms with Crippen molar-refractivity contribution in [2.45, 2.75) is 25.3 Å². The molecule has 3 N–H and O–H groups in total. The fourth-order valence-corrected chi connectivity index (χ4v) is 2.27. The van der Waals surface area contributed by atoms with Crippen molar-refractivity contribution in [1.82, 2.24) is 9.88 Å². The van der Waals surface area contributed by atoms with Crippen LogP contribution in [0.4, 0.5) is 0 Å². The number of rotatable bonds is 4. The summed E-state index contributed by atoms with van der Waals surface area (Å²) in [5, 5.41) is 0. The number of piperidine rings is 1. The summed E-state index contributed by atoms with van der Waals surface area (Å²) in [6, 6.07) is 2.62. The van der Waals surface area contributed by atoms with Gasteiger partial charge in [0.1, 0.15) is 11.7 Å². The number of esters is 1. The minimum absolute atomic E-state index is 0.280. The van der Waals surface area contributed by atoms with Crippen LogP contribution in [0.1, 0.15) is 29.8 Å². The number of hydrogen-bond donors (Lipinski definition) is 2. The Kier molecular flexibility index (Phi) is 4.39. The average molecular weight is 279 g/mol. The first-order chi connectivity index (χ1) is 9.59. The van der Waals surface area contributed by atoms with Gasteiger partial charge in [-0.25, -0.2) is 4.79 Å². The summed E-state index contributed by atoms with van der Waals surface area (Å²) in [5.41, 5.74) is 5.56. The molecule has 1 aromatic heterocycles. The third-order valence-corrected chi connectivity index (χ3v) is 3.30. The molecule has 20 heavy (non-hydrogen) atoms. The van der Waals surface area contributed by atoms with E-state index in [1.165, 1.54) is 4.90 Å². The van der Waals surface area contributed by atoms with E-state index < -0.39 is 23.8 Å². The van der Waals surface area contributed by atoms with E-state index in [0.717, 1.165) is 12.8 Å². The average Bonchev–Trinajstić information content (AvgIpc) is 2.98. The van der Waals surface area contributed by atoms with Crippen LogP contribution in [0.25, 0.3) is 0 Å². The lowest BCUT2D eigenvalue weighted by atomic mass is 10.0. The molecule has 0 aromatic carbocycles. The lowest BCUT2D eigenvalue weighted by molar-refractivity contribution is -0.143. The van der Waals surface area contributed by atoms with Crippen molar-refractivity contribution >= 4 is 17.8 Å². The predicted molar refractivity (Wildman–Crippen MR) is 69.6 cm³/mol. The Morgan fingerprint density at radius 3 is 2.85 bits per heavy atom. The Hall–Kier alpha value is -2.31.